The van der Waals surface area contributed by atoms with Gasteiger partial charge in [0.05, 0.1) is 22.5 Å². The predicted octanol–water partition coefficient (Wildman–Crippen LogP) is 1.84. The largest absolute Gasteiger partial charge is 0.319 e. The first-order chi connectivity index (χ1) is 12.5. The van der Waals surface area contributed by atoms with Gasteiger partial charge < -0.3 is 10.6 Å². The van der Waals surface area contributed by atoms with Gasteiger partial charge in [-0.2, -0.15) is 5.43 Å². The zero-order valence-electron chi connectivity index (χ0n) is 13.6. The van der Waals surface area contributed by atoms with Crippen LogP contribution in [0.3, 0.4) is 0 Å². The molecule has 0 radical (unpaired) electrons. The third-order valence-electron chi connectivity index (χ3n) is 3.60. The molecule has 132 valence electrons. The number of nitrogens with two attached hydrogens (primary N) is 1. The summed E-state index contributed by atoms with van der Waals surface area (Å²) < 4.78 is 0. The van der Waals surface area contributed by atoms with Crippen molar-refractivity contribution in [1.82, 2.24) is 10.3 Å². The van der Waals surface area contributed by atoms with E-state index >= 15 is 0 Å². The van der Waals surface area contributed by atoms with E-state index in [4.69, 9.17) is 23.2 Å². The van der Waals surface area contributed by atoms with Crippen molar-refractivity contribution in [2.75, 3.05) is 5.32 Å². The van der Waals surface area contributed by atoms with Crippen molar-refractivity contribution >= 4 is 46.4 Å². The molecule has 3 rings (SSSR count). The lowest BCUT2D eigenvalue weighted by molar-refractivity contribution is -0.590. The average Bonchev–Trinajstić information content (AvgIpc) is 3.05. The van der Waals surface area contributed by atoms with Crippen LogP contribution in [0.15, 0.2) is 53.5 Å². The first-order valence-electron chi connectivity index (χ1n) is 7.57. The van der Waals surface area contributed by atoms with Crippen LogP contribution in [0, 0.1) is 6.92 Å². The Morgan fingerprint density at radius 3 is 2.58 bits per heavy atom. The first-order valence-corrected chi connectivity index (χ1v) is 8.32. The van der Waals surface area contributed by atoms with Gasteiger partial charge in [-0.15, -0.1) is 0 Å². The molecule has 2 heterocycles. The molecule has 9 heteroatoms. The maximum atomic E-state index is 12.5. The number of nitrogens with zero attached hydrogens (tertiary/aromatic N) is 2. The van der Waals surface area contributed by atoms with Crippen LogP contribution in [0.25, 0.3) is 0 Å². The third-order valence-corrected chi connectivity index (χ3v) is 4.14. The van der Waals surface area contributed by atoms with Crippen molar-refractivity contribution in [3.05, 3.63) is 69.7 Å². The van der Waals surface area contributed by atoms with Crippen LogP contribution in [-0.2, 0) is 4.79 Å². The van der Waals surface area contributed by atoms with Gasteiger partial charge in [-0.1, -0.05) is 40.4 Å². The monoisotopic (exact) mass is 390 g/mol. The minimum absolute atomic E-state index is 0.0815. The molecular formula is C17H14Cl2N5O2+. The van der Waals surface area contributed by atoms with E-state index in [1.165, 1.54) is 11.6 Å². The molecule has 0 fully saturated rings. The number of anilines is 1. The van der Waals surface area contributed by atoms with Crippen LogP contribution in [0.5, 0.6) is 0 Å². The SMILES string of the molecule is Cc1cccc(Cl)c1C(=O)NC1=C[NH2+]N=C1C(=O)Nc1ccc(Cl)nc1. The Balaban J connectivity index is 1.73. The highest BCUT2D eigenvalue weighted by atomic mass is 35.5. The number of nitrogens with one attached hydrogen (secondary N) is 2. The van der Waals surface area contributed by atoms with E-state index in [9.17, 15) is 9.59 Å². The fraction of sp³-hybridized carbons (Fsp3) is 0.0588. The first kappa shape index (κ1) is 18.1. The van der Waals surface area contributed by atoms with Gasteiger partial charge in [0.2, 0.25) is 5.71 Å². The lowest BCUT2D eigenvalue weighted by Gasteiger charge is -2.10. The second-order valence-electron chi connectivity index (χ2n) is 5.42. The molecule has 1 aliphatic rings. The van der Waals surface area contributed by atoms with Crippen molar-refractivity contribution in [2.45, 2.75) is 6.92 Å². The molecule has 0 aliphatic carbocycles. The highest BCUT2D eigenvalue weighted by Crippen LogP contribution is 2.20. The van der Waals surface area contributed by atoms with Crippen LogP contribution in [-0.4, -0.2) is 22.5 Å². The van der Waals surface area contributed by atoms with Gasteiger partial charge in [-0.05, 0) is 30.7 Å². The Bertz CT molecular complexity index is 918. The number of hydrogen-bond donors (Lipinski definition) is 3. The summed E-state index contributed by atoms with van der Waals surface area (Å²) >= 11 is 11.8. The van der Waals surface area contributed by atoms with Gasteiger partial charge in [0.1, 0.15) is 17.1 Å². The number of amides is 2. The van der Waals surface area contributed by atoms with Crippen molar-refractivity contribution < 1.29 is 15.0 Å². The molecule has 0 saturated heterocycles. The van der Waals surface area contributed by atoms with Crippen molar-refractivity contribution in [1.29, 1.82) is 0 Å². The molecular weight excluding hydrogens is 377 g/mol. The molecule has 7 nitrogen and oxygen atoms in total. The van der Waals surface area contributed by atoms with Gasteiger partial charge in [-0.25, -0.2) is 4.98 Å². The van der Waals surface area contributed by atoms with E-state index in [1.54, 1.807) is 43.5 Å². The van der Waals surface area contributed by atoms with E-state index in [-0.39, 0.29) is 11.4 Å². The zero-order chi connectivity index (χ0) is 18.7. The molecule has 2 amide bonds. The third kappa shape index (κ3) is 3.91. The molecule has 1 aliphatic heterocycles. The van der Waals surface area contributed by atoms with Crippen LogP contribution >= 0.6 is 23.2 Å². The van der Waals surface area contributed by atoms with Gasteiger partial charge in [0.15, 0.2) is 0 Å². The molecule has 1 aromatic heterocycles. The van der Waals surface area contributed by atoms with E-state index in [1.807, 2.05) is 0 Å². The topological polar surface area (TPSA) is 100 Å². The molecule has 1 aromatic carbocycles. The van der Waals surface area contributed by atoms with Gasteiger partial charge in [-0.3, -0.25) is 9.59 Å². The smallest absolute Gasteiger partial charge is 0.282 e. The standard InChI is InChI=1S/C17H13Cl2N5O2/c1-9-3-2-4-11(18)14(9)16(25)23-12-8-21-24-15(12)17(26)22-10-5-6-13(19)20-7-10/h2-8H,1H3,(H,21,24)(H,22,26)(H,23,25)/p+1. The van der Waals surface area contributed by atoms with E-state index in [0.717, 1.165) is 5.56 Å². The number of aromatic nitrogens is 1. The van der Waals surface area contributed by atoms with E-state index in [0.29, 0.717) is 21.4 Å². The quantitative estimate of drug-likeness (QED) is 0.548. The zero-order valence-corrected chi connectivity index (χ0v) is 15.1. The Hall–Kier alpha value is -2.74. The fourth-order valence-electron chi connectivity index (χ4n) is 2.36. The molecule has 0 atom stereocenters. The molecule has 0 bridgehead atoms. The molecule has 0 unspecified atom stereocenters. The number of benzene rings is 1. The van der Waals surface area contributed by atoms with Crippen molar-refractivity contribution in [3.8, 4) is 0 Å². The second kappa shape index (κ2) is 7.65. The van der Waals surface area contributed by atoms with Crippen LogP contribution in [0.1, 0.15) is 15.9 Å². The van der Waals surface area contributed by atoms with E-state index in [2.05, 4.69) is 20.7 Å². The minimum atomic E-state index is -0.481. The van der Waals surface area contributed by atoms with Crippen LogP contribution in [0.2, 0.25) is 10.2 Å². The number of carbonyl (C=O) groups is 2. The maximum absolute atomic E-state index is 12.5. The predicted molar refractivity (Wildman–Crippen MR) is 99.0 cm³/mol. The lowest BCUT2D eigenvalue weighted by Crippen LogP contribution is -2.69. The number of aryl methyl sites for hydroxylation is 1. The normalized spacial score (nSPS) is 13.0. The Kier molecular flexibility index (Phi) is 5.32. The van der Waals surface area contributed by atoms with Crippen molar-refractivity contribution in [3.63, 3.8) is 0 Å². The second-order valence-corrected chi connectivity index (χ2v) is 6.21. The summed E-state index contributed by atoms with van der Waals surface area (Å²) in [6, 6.07) is 8.34. The Morgan fingerprint density at radius 1 is 1.08 bits per heavy atom. The fourth-order valence-corrected chi connectivity index (χ4v) is 2.78. The Morgan fingerprint density at radius 2 is 1.88 bits per heavy atom. The summed E-state index contributed by atoms with van der Waals surface area (Å²) in [4.78, 5) is 28.9. The maximum Gasteiger partial charge on any atom is 0.282 e. The number of halogens is 2. The van der Waals surface area contributed by atoms with Gasteiger partial charge in [0.25, 0.3) is 11.8 Å². The molecule has 4 N–H and O–H groups in total. The number of hydrogen-bond acceptors (Lipinski definition) is 4. The average molecular weight is 391 g/mol. The summed E-state index contributed by atoms with van der Waals surface area (Å²) in [6.45, 7) is 1.78. The number of pyridine rings is 1. The minimum Gasteiger partial charge on any atom is -0.319 e. The van der Waals surface area contributed by atoms with Gasteiger partial charge in [0, 0.05) is 0 Å². The van der Waals surface area contributed by atoms with Crippen molar-refractivity contribution in [2.24, 2.45) is 5.10 Å². The molecule has 2 aromatic rings. The highest BCUT2D eigenvalue weighted by molar-refractivity contribution is 6.49. The van der Waals surface area contributed by atoms with Crippen LogP contribution < -0.4 is 16.1 Å². The molecule has 0 spiro atoms. The summed E-state index contributed by atoms with van der Waals surface area (Å²) in [5.74, 6) is -0.895. The number of rotatable bonds is 4. The summed E-state index contributed by atoms with van der Waals surface area (Å²) in [6.07, 6.45) is 2.97. The van der Waals surface area contributed by atoms with Crippen LogP contribution in [0.4, 0.5) is 5.69 Å². The Labute approximate surface area is 159 Å². The lowest BCUT2D eigenvalue weighted by atomic mass is 10.1. The van der Waals surface area contributed by atoms with Gasteiger partial charge >= 0.3 is 0 Å². The highest BCUT2D eigenvalue weighted by Gasteiger charge is 2.27. The molecule has 0 saturated carbocycles. The molecule has 26 heavy (non-hydrogen) atoms. The summed E-state index contributed by atoms with van der Waals surface area (Å²) in [7, 11) is 0. The number of carbonyl (C=O) groups excluding carboxylic acids is 2. The summed E-state index contributed by atoms with van der Waals surface area (Å²) in [5.41, 5.74) is 3.34. The summed E-state index contributed by atoms with van der Waals surface area (Å²) in [5, 5.41) is 9.99. The van der Waals surface area contributed by atoms with E-state index < -0.39 is 11.8 Å². The number of quaternary nitrogens is 1.